The lowest BCUT2D eigenvalue weighted by Crippen LogP contribution is -2.25. The minimum absolute atomic E-state index is 0.0183. The summed E-state index contributed by atoms with van der Waals surface area (Å²) in [5, 5.41) is 31.1. The largest absolute Gasteiger partial charge is 0.508 e. The normalized spacial score (nSPS) is 11.4. The maximum absolute atomic E-state index is 11.3. The molecular weight excluding hydrogens is 342 g/mol. The van der Waals surface area contributed by atoms with Crippen molar-refractivity contribution in [3.63, 3.8) is 0 Å². The van der Waals surface area contributed by atoms with Gasteiger partial charge < -0.3 is 10.2 Å². The summed E-state index contributed by atoms with van der Waals surface area (Å²) >= 11 is 0. The molecule has 0 spiro atoms. The van der Waals surface area contributed by atoms with Crippen molar-refractivity contribution in [3.8, 4) is 11.5 Å². The Bertz CT molecular complexity index is 975. The van der Waals surface area contributed by atoms with Crippen molar-refractivity contribution in [2.75, 3.05) is 0 Å². The van der Waals surface area contributed by atoms with Gasteiger partial charge in [-0.25, -0.2) is 0 Å². The van der Waals surface area contributed by atoms with E-state index < -0.39 is 10.3 Å². The Kier molecular flexibility index (Phi) is 4.62. The molecule has 0 amide bonds. The molecule has 0 heterocycles. The molecule has 0 bridgehead atoms. The van der Waals surface area contributed by atoms with E-state index in [0.717, 1.165) is 27.8 Å². The van der Waals surface area contributed by atoms with Gasteiger partial charge in [-0.1, -0.05) is 36.4 Å². The van der Waals surface area contributed by atoms with Crippen LogP contribution in [0, 0.1) is 24.0 Å². The Morgan fingerprint density at radius 2 is 1.30 bits per heavy atom. The predicted molar refractivity (Wildman–Crippen MR) is 104 cm³/mol. The lowest BCUT2D eigenvalue weighted by molar-refractivity contribution is -0.384. The molecule has 3 rings (SSSR count). The standard InChI is InChI=1S/C22H21NO4/c1-14-11-17(7-9-20(14)24)22(3,18-8-10-21(25)15(2)12-18)16-5-4-6-19(13-16)23(26)27/h4-13,24-25H,1-3H3. The first-order valence-corrected chi connectivity index (χ1v) is 8.58. The second-order valence-electron chi connectivity index (χ2n) is 6.93. The van der Waals surface area contributed by atoms with E-state index in [1.165, 1.54) is 6.07 Å². The third-order valence-corrected chi connectivity index (χ3v) is 5.18. The smallest absolute Gasteiger partial charge is 0.269 e. The molecule has 0 saturated heterocycles. The van der Waals surface area contributed by atoms with Crippen LogP contribution >= 0.6 is 0 Å². The fourth-order valence-corrected chi connectivity index (χ4v) is 3.36. The van der Waals surface area contributed by atoms with Gasteiger partial charge in [0.2, 0.25) is 0 Å². The summed E-state index contributed by atoms with van der Waals surface area (Å²) < 4.78 is 0. The van der Waals surface area contributed by atoms with E-state index in [-0.39, 0.29) is 17.2 Å². The van der Waals surface area contributed by atoms with Crippen molar-refractivity contribution < 1.29 is 15.1 Å². The van der Waals surface area contributed by atoms with Gasteiger partial charge in [0.1, 0.15) is 11.5 Å². The highest BCUT2D eigenvalue weighted by Gasteiger charge is 2.33. The number of benzene rings is 3. The number of nitrogens with zero attached hydrogens (tertiary/aromatic N) is 1. The molecule has 0 fully saturated rings. The van der Waals surface area contributed by atoms with Gasteiger partial charge >= 0.3 is 0 Å². The Hall–Kier alpha value is -3.34. The van der Waals surface area contributed by atoms with Gasteiger partial charge in [0.15, 0.2) is 0 Å². The Labute approximate surface area is 157 Å². The number of phenolic OH excluding ortho intramolecular Hbond substituents is 2. The van der Waals surface area contributed by atoms with E-state index in [2.05, 4.69) is 0 Å². The van der Waals surface area contributed by atoms with Crippen LogP contribution in [0.4, 0.5) is 5.69 Å². The second kappa shape index (κ2) is 6.76. The lowest BCUT2D eigenvalue weighted by atomic mass is 9.70. The topological polar surface area (TPSA) is 83.6 Å². The Morgan fingerprint density at radius 1 is 0.815 bits per heavy atom. The summed E-state index contributed by atoms with van der Waals surface area (Å²) in [6.07, 6.45) is 0. The highest BCUT2D eigenvalue weighted by molar-refractivity contribution is 5.55. The molecule has 0 aromatic heterocycles. The van der Waals surface area contributed by atoms with Gasteiger partial charge in [-0.05, 0) is 60.7 Å². The maximum Gasteiger partial charge on any atom is 0.269 e. The number of nitro benzene ring substituents is 1. The van der Waals surface area contributed by atoms with Gasteiger partial charge in [0.25, 0.3) is 5.69 Å². The minimum Gasteiger partial charge on any atom is -0.508 e. The second-order valence-corrected chi connectivity index (χ2v) is 6.93. The molecule has 3 aromatic rings. The third-order valence-electron chi connectivity index (χ3n) is 5.18. The fourth-order valence-electron chi connectivity index (χ4n) is 3.36. The fraction of sp³-hybridized carbons (Fsp3) is 0.182. The molecule has 0 radical (unpaired) electrons. The van der Waals surface area contributed by atoms with Crippen molar-refractivity contribution in [3.05, 3.63) is 98.6 Å². The quantitative estimate of drug-likeness (QED) is 0.389. The molecule has 0 saturated carbocycles. The first-order chi connectivity index (χ1) is 12.7. The van der Waals surface area contributed by atoms with E-state index in [1.54, 1.807) is 24.3 Å². The van der Waals surface area contributed by atoms with Crippen molar-refractivity contribution in [1.82, 2.24) is 0 Å². The van der Waals surface area contributed by atoms with Crippen molar-refractivity contribution in [2.24, 2.45) is 0 Å². The summed E-state index contributed by atoms with van der Waals surface area (Å²) in [6.45, 7) is 5.62. The van der Waals surface area contributed by atoms with Gasteiger partial charge in [0, 0.05) is 17.5 Å². The number of hydrogen-bond acceptors (Lipinski definition) is 4. The molecule has 0 aliphatic rings. The summed E-state index contributed by atoms with van der Waals surface area (Å²) in [5.74, 6) is 0.393. The molecule has 3 aromatic carbocycles. The Morgan fingerprint density at radius 3 is 1.74 bits per heavy atom. The molecular formula is C22H21NO4. The van der Waals surface area contributed by atoms with Crippen LogP contribution in [0.3, 0.4) is 0 Å². The summed E-state index contributed by atoms with van der Waals surface area (Å²) in [5.41, 5.74) is 3.30. The maximum atomic E-state index is 11.3. The van der Waals surface area contributed by atoms with E-state index in [4.69, 9.17) is 0 Å². The molecule has 5 heteroatoms. The Balaban J connectivity index is 2.31. The summed E-state index contributed by atoms with van der Waals surface area (Å²) in [6, 6.07) is 17.3. The SMILES string of the molecule is Cc1cc(C(C)(c2cccc([N+](=O)[O-])c2)c2ccc(O)c(C)c2)ccc1O. The van der Waals surface area contributed by atoms with E-state index >= 15 is 0 Å². The van der Waals surface area contributed by atoms with Gasteiger partial charge in [-0.2, -0.15) is 0 Å². The molecule has 2 N–H and O–H groups in total. The highest BCUT2D eigenvalue weighted by Crippen LogP contribution is 2.42. The average molecular weight is 363 g/mol. The zero-order valence-corrected chi connectivity index (χ0v) is 15.4. The van der Waals surface area contributed by atoms with Crippen molar-refractivity contribution in [1.29, 1.82) is 0 Å². The molecule has 138 valence electrons. The van der Waals surface area contributed by atoms with Gasteiger partial charge in [-0.15, -0.1) is 0 Å². The highest BCUT2D eigenvalue weighted by atomic mass is 16.6. The zero-order chi connectivity index (χ0) is 19.8. The number of rotatable bonds is 4. The van der Waals surface area contributed by atoms with Crippen LogP contribution in [-0.2, 0) is 5.41 Å². The van der Waals surface area contributed by atoms with Gasteiger partial charge in [0.05, 0.1) is 4.92 Å². The zero-order valence-electron chi connectivity index (χ0n) is 15.4. The van der Waals surface area contributed by atoms with Crippen LogP contribution in [0.15, 0.2) is 60.7 Å². The van der Waals surface area contributed by atoms with Crippen LogP contribution in [0.5, 0.6) is 11.5 Å². The van der Waals surface area contributed by atoms with E-state index in [9.17, 15) is 20.3 Å². The van der Waals surface area contributed by atoms with Crippen molar-refractivity contribution in [2.45, 2.75) is 26.2 Å². The molecule has 27 heavy (non-hydrogen) atoms. The number of non-ortho nitro benzene ring substituents is 1. The lowest BCUT2D eigenvalue weighted by Gasteiger charge is -2.32. The number of nitro groups is 1. The molecule has 5 nitrogen and oxygen atoms in total. The first-order valence-electron chi connectivity index (χ1n) is 8.58. The van der Waals surface area contributed by atoms with Crippen LogP contribution in [0.1, 0.15) is 34.7 Å². The number of aryl methyl sites for hydroxylation is 2. The molecule has 0 atom stereocenters. The van der Waals surface area contributed by atoms with Gasteiger partial charge in [-0.3, -0.25) is 10.1 Å². The molecule has 0 aliphatic heterocycles. The monoisotopic (exact) mass is 363 g/mol. The number of phenols is 2. The number of aromatic hydroxyl groups is 2. The third kappa shape index (κ3) is 3.24. The molecule has 0 aliphatic carbocycles. The molecule has 0 unspecified atom stereocenters. The summed E-state index contributed by atoms with van der Waals surface area (Å²) in [7, 11) is 0. The predicted octanol–water partition coefficient (Wildman–Crippen LogP) is 4.98. The van der Waals surface area contributed by atoms with Crippen LogP contribution in [0.2, 0.25) is 0 Å². The van der Waals surface area contributed by atoms with Crippen LogP contribution in [-0.4, -0.2) is 15.1 Å². The number of hydrogen-bond donors (Lipinski definition) is 2. The first kappa shape index (κ1) is 18.5. The van der Waals surface area contributed by atoms with Crippen molar-refractivity contribution >= 4 is 5.69 Å². The van der Waals surface area contributed by atoms with E-state index in [1.807, 2.05) is 51.1 Å². The van der Waals surface area contributed by atoms with E-state index in [0.29, 0.717) is 0 Å². The average Bonchev–Trinajstić information content (AvgIpc) is 2.65. The summed E-state index contributed by atoms with van der Waals surface area (Å²) in [4.78, 5) is 10.9. The van der Waals surface area contributed by atoms with Crippen LogP contribution in [0.25, 0.3) is 0 Å². The minimum atomic E-state index is -0.705. The van der Waals surface area contributed by atoms with Crippen LogP contribution < -0.4 is 0 Å².